The minimum atomic E-state index is -3.46. The number of hydrogen-bond acceptors (Lipinski definition) is 4. The number of benzene rings is 1. The van der Waals surface area contributed by atoms with Gasteiger partial charge in [-0.1, -0.05) is 42.7 Å². The number of piperazine rings is 1. The van der Waals surface area contributed by atoms with Crippen molar-refractivity contribution in [1.29, 1.82) is 0 Å². The molecule has 1 aromatic carbocycles. The van der Waals surface area contributed by atoms with Gasteiger partial charge in [0.2, 0.25) is 0 Å². The summed E-state index contributed by atoms with van der Waals surface area (Å²) < 4.78 is 30.6. The molecule has 3 rings (SSSR count). The molecule has 1 saturated heterocycles. The van der Waals surface area contributed by atoms with E-state index in [-0.39, 0.29) is 12.1 Å². The number of likely N-dealkylation sites (N-methyl/N-ethyl adjacent to an activating group) is 1. The number of hydrogen-bond donors (Lipinski definition) is 2. The SMILES string of the molecule is Cc1ccc(C(CNS(=O)(=O)NC2CCCC2)N2CCN(C)CC2)cc1. The van der Waals surface area contributed by atoms with Crippen molar-refractivity contribution in [3.05, 3.63) is 35.4 Å². The Hall–Kier alpha value is -0.990. The van der Waals surface area contributed by atoms with E-state index in [1.54, 1.807) is 0 Å². The zero-order valence-electron chi connectivity index (χ0n) is 15.9. The Labute approximate surface area is 158 Å². The van der Waals surface area contributed by atoms with Crippen LogP contribution in [-0.2, 0) is 10.2 Å². The quantitative estimate of drug-likeness (QED) is 0.755. The zero-order chi connectivity index (χ0) is 18.6. The van der Waals surface area contributed by atoms with Gasteiger partial charge in [-0.3, -0.25) is 4.90 Å². The van der Waals surface area contributed by atoms with E-state index in [2.05, 4.69) is 57.5 Å². The van der Waals surface area contributed by atoms with Crippen molar-refractivity contribution >= 4 is 10.2 Å². The van der Waals surface area contributed by atoms with Crippen LogP contribution < -0.4 is 9.44 Å². The maximum Gasteiger partial charge on any atom is 0.277 e. The van der Waals surface area contributed by atoms with Crippen molar-refractivity contribution in [1.82, 2.24) is 19.2 Å². The second kappa shape index (κ2) is 8.80. The van der Waals surface area contributed by atoms with Crippen molar-refractivity contribution in [3.63, 3.8) is 0 Å². The minimum absolute atomic E-state index is 0.0597. The highest BCUT2D eigenvalue weighted by Gasteiger charge is 2.27. The molecule has 0 radical (unpaired) electrons. The van der Waals surface area contributed by atoms with E-state index in [4.69, 9.17) is 0 Å². The van der Waals surface area contributed by atoms with Crippen molar-refractivity contribution in [2.24, 2.45) is 0 Å². The summed E-state index contributed by atoms with van der Waals surface area (Å²) in [6.45, 7) is 6.39. The highest BCUT2D eigenvalue weighted by Crippen LogP contribution is 2.23. The summed E-state index contributed by atoms with van der Waals surface area (Å²) in [6.07, 6.45) is 4.11. The lowest BCUT2D eigenvalue weighted by Gasteiger charge is -2.38. The summed E-state index contributed by atoms with van der Waals surface area (Å²) in [7, 11) is -1.33. The molecule has 1 aliphatic heterocycles. The van der Waals surface area contributed by atoms with Crippen LogP contribution in [0, 0.1) is 6.92 Å². The second-order valence-electron chi connectivity index (χ2n) is 7.72. The lowest BCUT2D eigenvalue weighted by Crippen LogP contribution is -2.50. The standard InChI is InChI=1S/C19H32N4O2S/c1-16-7-9-17(10-8-16)19(23-13-11-22(2)12-14-23)15-20-26(24,25)21-18-5-3-4-6-18/h7-10,18-21H,3-6,11-15H2,1-2H3. The number of aryl methyl sites for hydroxylation is 1. The molecular weight excluding hydrogens is 348 g/mol. The molecule has 1 aliphatic carbocycles. The normalized spacial score (nSPS) is 21.9. The largest absolute Gasteiger partial charge is 0.304 e. The molecule has 2 aliphatic rings. The van der Waals surface area contributed by atoms with Crippen LogP contribution in [-0.4, -0.2) is 64.0 Å². The molecule has 2 fully saturated rings. The first kappa shape index (κ1) is 19.8. The molecule has 6 nitrogen and oxygen atoms in total. The van der Waals surface area contributed by atoms with E-state index in [9.17, 15) is 8.42 Å². The van der Waals surface area contributed by atoms with E-state index in [1.165, 1.54) is 11.1 Å². The van der Waals surface area contributed by atoms with Gasteiger partial charge in [0.05, 0.1) is 0 Å². The van der Waals surface area contributed by atoms with Gasteiger partial charge in [-0.25, -0.2) is 4.72 Å². The second-order valence-corrected chi connectivity index (χ2v) is 9.25. The van der Waals surface area contributed by atoms with Gasteiger partial charge in [-0.05, 0) is 32.4 Å². The molecule has 0 aromatic heterocycles. The monoisotopic (exact) mass is 380 g/mol. The Kier molecular flexibility index (Phi) is 6.69. The van der Waals surface area contributed by atoms with Gasteiger partial charge in [-0.15, -0.1) is 0 Å². The smallest absolute Gasteiger partial charge is 0.277 e. The van der Waals surface area contributed by atoms with Crippen LogP contribution in [0.15, 0.2) is 24.3 Å². The van der Waals surface area contributed by atoms with E-state index in [1.807, 2.05) is 0 Å². The molecule has 1 heterocycles. The van der Waals surface area contributed by atoms with Crippen LogP contribution in [0.4, 0.5) is 0 Å². The molecule has 1 aromatic rings. The summed E-state index contributed by atoms with van der Waals surface area (Å²) in [5.74, 6) is 0. The molecule has 1 unspecified atom stereocenters. The van der Waals surface area contributed by atoms with Crippen molar-refractivity contribution in [3.8, 4) is 0 Å². The van der Waals surface area contributed by atoms with Gasteiger partial charge in [0.25, 0.3) is 10.2 Å². The van der Waals surface area contributed by atoms with Gasteiger partial charge in [0.1, 0.15) is 0 Å². The van der Waals surface area contributed by atoms with E-state index in [0.717, 1.165) is 51.9 Å². The molecular formula is C19H32N4O2S. The van der Waals surface area contributed by atoms with E-state index >= 15 is 0 Å². The van der Waals surface area contributed by atoms with E-state index in [0.29, 0.717) is 6.54 Å². The summed E-state index contributed by atoms with van der Waals surface area (Å²) in [5.41, 5.74) is 2.39. The van der Waals surface area contributed by atoms with Crippen LogP contribution in [0.1, 0.15) is 42.9 Å². The van der Waals surface area contributed by atoms with Gasteiger partial charge < -0.3 is 4.90 Å². The first-order chi connectivity index (χ1) is 12.4. The summed E-state index contributed by atoms with van der Waals surface area (Å²) >= 11 is 0. The molecule has 1 atom stereocenters. The topological polar surface area (TPSA) is 64.7 Å². The maximum absolute atomic E-state index is 12.5. The van der Waals surface area contributed by atoms with Crippen molar-refractivity contribution in [2.75, 3.05) is 39.8 Å². The van der Waals surface area contributed by atoms with Gasteiger partial charge in [0.15, 0.2) is 0 Å². The Balaban J connectivity index is 1.67. The van der Waals surface area contributed by atoms with Gasteiger partial charge >= 0.3 is 0 Å². The van der Waals surface area contributed by atoms with Gasteiger partial charge in [0, 0.05) is 44.8 Å². The Morgan fingerprint density at radius 2 is 1.69 bits per heavy atom. The summed E-state index contributed by atoms with van der Waals surface area (Å²) in [5, 5.41) is 0. The molecule has 0 spiro atoms. The predicted octanol–water partition coefficient (Wildman–Crippen LogP) is 1.65. The van der Waals surface area contributed by atoms with Crippen molar-refractivity contribution < 1.29 is 8.42 Å². The molecule has 26 heavy (non-hydrogen) atoms. The predicted molar refractivity (Wildman–Crippen MR) is 105 cm³/mol. The summed E-state index contributed by atoms with van der Waals surface area (Å²) in [6, 6.07) is 8.60. The maximum atomic E-state index is 12.5. The lowest BCUT2D eigenvalue weighted by molar-refractivity contribution is 0.113. The fourth-order valence-electron chi connectivity index (χ4n) is 3.87. The molecule has 0 amide bonds. The first-order valence-corrected chi connectivity index (χ1v) is 11.2. The molecule has 146 valence electrons. The highest BCUT2D eigenvalue weighted by molar-refractivity contribution is 7.87. The van der Waals surface area contributed by atoms with Crippen LogP contribution >= 0.6 is 0 Å². The third kappa shape index (κ3) is 5.50. The van der Waals surface area contributed by atoms with Crippen LogP contribution in [0.2, 0.25) is 0 Å². The molecule has 2 N–H and O–H groups in total. The first-order valence-electron chi connectivity index (χ1n) is 9.69. The number of nitrogens with zero attached hydrogens (tertiary/aromatic N) is 2. The Morgan fingerprint density at radius 1 is 1.08 bits per heavy atom. The average molecular weight is 381 g/mol. The minimum Gasteiger partial charge on any atom is -0.304 e. The average Bonchev–Trinajstić information content (AvgIpc) is 3.10. The lowest BCUT2D eigenvalue weighted by atomic mass is 10.0. The van der Waals surface area contributed by atoms with E-state index < -0.39 is 10.2 Å². The molecule has 0 bridgehead atoms. The van der Waals surface area contributed by atoms with Crippen LogP contribution in [0.25, 0.3) is 0 Å². The molecule has 7 heteroatoms. The Bertz CT molecular complexity index is 663. The summed E-state index contributed by atoms with van der Waals surface area (Å²) in [4.78, 5) is 4.71. The van der Waals surface area contributed by atoms with Gasteiger partial charge in [-0.2, -0.15) is 13.1 Å². The highest BCUT2D eigenvalue weighted by atomic mass is 32.2. The molecule has 1 saturated carbocycles. The fraction of sp³-hybridized carbons (Fsp3) is 0.684. The van der Waals surface area contributed by atoms with Crippen molar-refractivity contribution in [2.45, 2.75) is 44.7 Å². The number of rotatable bonds is 7. The fourth-order valence-corrected chi connectivity index (χ4v) is 5.01. The Morgan fingerprint density at radius 3 is 2.31 bits per heavy atom. The van der Waals surface area contributed by atoms with Crippen LogP contribution in [0.3, 0.4) is 0 Å². The third-order valence-corrected chi connectivity index (χ3v) is 6.77. The number of nitrogens with one attached hydrogen (secondary N) is 2. The zero-order valence-corrected chi connectivity index (χ0v) is 16.8. The van der Waals surface area contributed by atoms with Crippen LogP contribution in [0.5, 0.6) is 0 Å². The third-order valence-electron chi connectivity index (χ3n) is 5.58.